The van der Waals surface area contributed by atoms with Gasteiger partial charge in [-0.2, -0.15) is 0 Å². The summed E-state index contributed by atoms with van der Waals surface area (Å²) in [4.78, 5) is 11.7. The van der Waals surface area contributed by atoms with E-state index in [0.717, 1.165) is 36.1 Å². The largest absolute Gasteiger partial charge is 0.381 e. The molecular weight excluding hydrogens is 360 g/mol. The van der Waals surface area contributed by atoms with Crippen LogP contribution in [0.2, 0.25) is 0 Å². The summed E-state index contributed by atoms with van der Waals surface area (Å²) < 4.78 is 6.24. The van der Waals surface area contributed by atoms with Crippen LogP contribution in [0.4, 0.5) is 4.79 Å². The third kappa shape index (κ3) is 2.50. The maximum absolute atomic E-state index is 11.7. The Kier molecular flexibility index (Phi) is 4.59. The average molecular weight is 403 g/mol. The quantitative estimate of drug-likeness (QED) is 0.707. The number of carbonyl (C=O) groups is 1. The van der Waals surface area contributed by atoms with Crippen LogP contribution in [0, 0.1) is 51.8 Å². The van der Waals surface area contributed by atoms with Crippen molar-refractivity contribution in [3.8, 4) is 0 Å². The number of nitrogens with one attached hydrogen (secondary N) is 2. The van der Waals surface area contributed by atoms with E-state index >= 15 is 0 Å². The summed E-state index contributed by atoms with van der Waals surface area (Å²) in [6.45, 7) is 8.42. The fraction of sp³-hybridized carbons (Fsp3) is 0.960. The van der Waals surface area contributed by atoms with Crippen molar-refractivity contribution in [2.75, 3.05) is 20.7 Å². The van der Waals surface area contributed by atoms with Crippen LogP contribution in [0.5, 0.6) is 0 Å². The van der Waals surface area contributed by atoms with Gasteiger partial charge in [0.15, 0.2) is 0 Å². The Bertz CT molecular complexity index is 682. The number of hydrogen-bond acceptors (Lipinski definition) is 2. The molecule has 5 aliphatic carbocycles. The Balaban J connectivity index is 1.37. The second-order valence-electron chi connectivity index (χ2n) is 11.9. The van der Waals surface area contributed by atoms with Crippen molar-refractivity contribution in [2.45, 2.75) is 78.2 Å². The van der Waals surface area contributed by atoms with Gasteiger partial charge >= 0.3 is 6.03 Å². The van der Waals surface area contributed by atoms with Crippen molar-refractivity contribution in [1.82, 2.24) is 10.6 Å². The Morgan fingerprint density at radius 2 is 1.93 bits per heavy atom. The smallest absolute Gasteiger partial charge is 0.314 e. The molecule has 2 amide bonds. The standard InChI is InChI=1S/C25H42N2O2/c1-15(14-27-22(28)26-4)18-6-7-19-17-12-21(29-5)25-13-16(25)8-11-24(25,3)20(17)9-10-23(18,19)2/h15-21H,6-14H2,1-5H3,(H2,26,27,28)/t15-,16-,17+,18-,19+,20+,21?,23-,24-,25-/m1/s1. The molecule has 1 spiro atoms. The Morgan fingerprint density at radius 1 is 1.14 bits per heavy atom. The van der Waals surface area contributed by atoms with Crippen molar-refractivity contribution < 1.29 is 9.53 Å². The SMILES string of the molecule is CNC(=O)NC[C@@H](C)[C@H]1CC[C@H]2[C@@H]3CC(OC)[C@@]45C[C@H]4CC[C@]5(C)[C@H]3CC[C@]12C. The van der Waals surface area contributed by atoms with Crippen LogP contribution in [-0.2, 0) is 4.74 Å². The van der Waals surface area contributed by atoms with E-state index in [1.54, 1.807) is 7.05 Å². The summed E-state index contributed by atoms with van der Waals surface area (Å²) in [5.74, 6) is 4.84. The molecule has 0 radical (unpaired) electrons. The van der Waals surface area contributed by atoms with Crippen molar-refractivity contribution in [2.24, 2.45) is 51.8 Å². The molecule has 5 aliphatic rings. The molecule has 4 nitrogen and oxygen atoms in total. The van der Waals surface area contributed by atoms with Crippen LogP contribution in [0.3, 0.4) is 0 Å². The molecule has 0 aromatic carbocycles. The lowest BCUT2D eigenvalue weighted by atomic mass is 9.45. The van der Waals surface area contributed by atoms with E-state index in [0.29, 0.717) is 28.3 Å². The first-order valence-electron chi connectivity index (χ1n) is 12.3. The number of ether oxygens (including phenoxy) is 1. The van der Waals surface area contributed by atoms with Crippen LogP contribution >= 0.6 is 0 Å². The molecule has 4 heteroatoms. The monoisotopic (exact) mass is 402 g/mol. The number of rotatable bonds is 4. The second-order valence-corrected chi connectivity index (χ2v) is 11.9. The molecular formula is C25H42N2O2. The third-order valence-corrected chi connectivity index (χ3v) is 11.4. The summed E-state index contributed by atoms with van der Waals surface area (Å²) in [5, 5.41) is 5.77. The Labute approximate surface area is 177 Å². The highest BCUT2D eigenvalue weighted by atomic mass is 16.5. The van der Waals surface area contributed by atoms with Crippen LogP contribution < -0.4 is 10.6 Å². The van der Waals surface area contributed by atoms with Gasteiger partial charge in [-0.1, -0.05) is 20.8 Å². The van der Waals surface area contributed by atoms with E-state index in [4.69, 9.17) is 4.74 Å². The summed E-state index contributed by atoms with van der Waals surface area (Å²) in [7, 11) is 3.68. The van der Waals surface area contributed by atoms with Crippen molar-refractivity contribution >= 4 is 6.03 Å². The number of fused-ring (bicyclic) bond motifs is 4. The van der Waals surface area contributed by atoms with Crippen LogP contribution in [0.1, 0.15) is 72.1 Å². The van der Waals surface area contributed by atoms with E-state index in [2.05, 4.69) is 31.4 Å². The van der Waals surface area contributed by atoms with Crippen molar-refractivity contribution in [3.05, 3.63) is 0 Å². The van der Waals surface area contributed by atoms with Crippen LogP contribution in [0.25, 0.3) is 0 Å². The van der Waals surface area contributed by atoms with Gasteiger partial charge in [-0.05, 0) is 97.7 Å². The highest BCUT2D eigenvalue weighted by Crippen LogP contribution is 2.82. The van der Waals surface area contributed by atoms with Gasteiger partial charge in [0.2, 0.25) is 0 Å². The lowest BCUT2D eigenvalue weighted by Crippen LogP contribution is -2.57. The number of urea groups is 1. The number of carbonyl (C=O) groups excluding carboxylic acids is 1. The number of amides is 2. The molecule has 0 aromatic heterocycles. The second kappa shape index (κ2) is 6.61. The number of hydrogen-bond donors (Lipinski definition) is 2. The maximum atomic E-state index is 11.7. The van der Waals surface area contributed by atoms with Gasteiger partial charge in [-0.15, -0.1) is 0 Å². The number of methoxy groups -OCH3 is 1. The van der Waals surface area contributed by atoms with E-state index in [1.165, 1.54) is 51.4 Å². The normalized spacial score (nSPS) is 53.3. The fourth-order valence-corrected chi connectivity index (χ4v) is 10.0. The summed E-state index contributed by atoms with van der Waals surface area (Å²) in [5.41, 5.74) is 1.48. The minimum absolute atomic E-state index is 0.0473. The van der Waals surface area contributed by atoms with Gasteiger partial charge < -0.3 is 15.4 Å². The van der Waals surface area contributed by atoms with Crippen molar-refractivity contribution in [1.29, 1.82) is 0 Å². The first kappa shape index (κ1) is 20.2. The predicted molar refractivity (Wildman–Crippen MR) is 115 cm³/mol. The minimum Gasteiger partial charge on any atom is -0.381 e. The highest BCUT2D eigenvalue weighted by molar-refractivity contribution is 5.73. The van der Waals surface area contributed by atoms with Gasteiger partial charge in [-0.3, -0.25) is 0 Å². The highest BCUT2D eigenvalue weighted by Gasteiger charge is 2.77. The molecule has 29 heavy (non-hydrogen) atoms. The summed E-state index contributed by atoms with van der Waals surface area (Å²) >= 11 is 0. The lowest BCUT2D eigenvalue weighted by molar-refractivity contribution is -0.160. The fourth-order valence-electron chi connectivity index (χ4n) is 10.0. The molecule has 0 bridgehead atoms. The maximum Gasteiger partial charge on any atom is 0.314 e. The summed E-state index contributed by atoms with van der Waals surface area (Å²) in [6.07, 6.45) is 11.7. The Hall–Kier alpha value is -0.770. The van der Waals surface area contributed by atoms with Crippen molar-refractivity contribution in [3.63, 3.8) is 0 Å². The molecule has 5 rings (SSSR count). The van der Waals surface area contributed by atoms with Gasteiger partial charge in [0, 0.05) is 26.1 Å². The molecule has 2 N–H and O–H groups in total. The topological polar surface area (TPSA) is 50.4 Å². The molecule has 5 fully saturated rings. The lowest BCUT2D eigenvalue weighted by Gasteiger charge is -2.61. The molecule has 164 valence electrons. The molecule has 0 saturated heterocycles. The van der Waals surface area contributed by atoms with Crippen LogP contribution in [-0.4, -0.2) is 32.8 Å². The molecule has 0 aromatic rings. The average Bonchev–Trinajstić information content (AvgIpc) is 3.22. The minimum atomic E-state index is -0.0473. The first-order chi connectivity index (χ1) is 13.8. The van der Waals surface area contributed by atoms with Gasteiger partial charge in [0.25, 0.3) is 0 Å². The van der Waals surface area contributed by atoms with E-state index in [1.807, 2.05) is 7.11 Å². The van der Waals surface area contributed by atoms with Gasteiger partial charge in [0.05, 0.1) is 6.10 Å². The molecule has 1 unspecified atom stereocenters. The van der Waals surface area contributed by atoms with E-state index < -0.39 is 0 Å². The molecule has 0 heterocycles. The zero-order valence-electron chi connectivity index (χ0n) is 19.2. The zero-order valence-corrected chi connectivity index (χ0v) is 19.2. The zero-order chi connectivity index (χ0) is 20.6. The molecule has 0 aliphatic heterocycles. The summed E-state index contributed by atoms with van der Waals surface area (Å²) in [6, 6.07) is -0.0473. The van der Waals surface area contributed by atoms with Gasteiger partial charge in [-0.25, -0.2) is 4.79 Å². The third-order valence-electron chi connectivity index (χ3n) is 11.4. The molecule has 10 atom stereocenters. The van der Waals surface area contributed by atoms with E-state index in [9.17, 15) is 4.79 Å². The van der Waals surface area contributed by atoms with Crippen LogP contribution in [0.15, 0.2) is 0 Å². The predicted octanol–water partition coefficient (Wildman–Crippen LogP) is 4.84. The molecule has 5 saturated carbocycles. The van der Waals surface area contributed by atoms with Gasteiger partial charge in [0.1, 0.15) is 0 Å². The first-order valence-corrected chi connectivity index (χ1v) is 12.3. The van der Waals surface area contributed by atoms with E-state index in [-0.39, 0.29) is 6.03 Å². The Morgan fingerprint density at radius 3 is 2.62 bits per heavy atom.